The van der Waals surface area contributed by atoms with Crippen LogP contribution in [0.1, 0.15) is 46.7 Å². The van der Waals surface area contributed by atoms with Gasteiger partial charge in [0.05, 0.1) is 29.5 Å². The van der Waals surface area contributed by atoms with Crippen LogP contribution in [0.25, 0.3) is 0 Å². The normalized spacial score (nSPS) is 11.4. The maximum atomic E-state index is 4.74. The lowest BCUT2D eigenvalue weighted by atomic mass is 10.1. The third-order valence-electron chi connectivity index (χ3n) is 4.30. The Bertz CT molecular complexity index is 889. The Balaban J connectivity index is 0.00000300. The Labute approximate surface area is 198 Å². The molecule has 156 valence electrons. The van der Waals surface area contributed by atoms with Crippen LogP contribution >= 0.6 is 46.7 Å². The molecule has 0 saturated heterocycles. The van der Waals surface area contributed by atoms with E-state index in [2.05, 4.69) is 75.5 Å². The van der Waals surface area contributed by atoms with Gasteiger partial charge < -0.3 is 10.6 Å². The van der Waals surface area contributed by atoms with Crippen molar-refractivity contribution in [1.29, 1.82) is 0 Å². The number of rotatable bonds is 8. The van der Waals surface area contributed by atoms with E-state index in [0.717, 1.165) is 35.2 Å². The third kappa shape index (κ3) is 7.67. The zero-order valence-electron chi connectivity index (χ0n) is 17.0. The topological polar surface area (TPSA) is 62.2 Å². The number of hydrogen-bond donors (Lipinski definition) is 2. The molecule has 0 atom stereocenters. The van der Waals surface area contributed by atoms with E-state index < -0.39 is 0 Å². The number of thiazole rings is 2. The minimum Gasteiger partial charge on any atom is -0.351 e. The zero-order chi connectivity index (χ0) is 19.8. The molecule has 0 saturated carbocycles. The second-order valence-electron chi connectivity index (χ2n) is 6.82. The van der Waals surface area contributed by atoms with Crippen molar-refractivity contribution in [1.82, 2.24) is 20.6 Å². The smallest absolute Gasteiger partial charge is 0.191 e. The quantitative estimate of drug-likeness (QED) is 0.240. The van der Waals surface area contributed by atoms with E-state index in [-0.39, 0.29) is 24.0 Å². The second kappa shape index (κ2) is 12.2. The lowest BCUT2D eigenvalue weighted by molar-refractivity contribution is 0.777. The summed E-state index contributed by atoms with van der Waals surface area (Å²) in [6, 6.07) is 10.5. The highest BCUT2D eigenvalue weighted by Crippen LogP contribution is 2.17. The molecule has 0 spiro atoms. The van der Waals surface area contributed by atoms with Gasteiger partial charge in [-0.3, -0.25) is 4.99 Å². The average Bonchev–Trinajstić information content (AvgIpc) is 3.37. The molecule has 0 unspecified atom stereocenters. The first-order valence-corrected chi connectivity index (χ1v) is 11.3. The van der Waals surface area contributed by atoms with Crippen LogP contribution in [-0.4, -0.2) is 23.0 Å². The lowest BCUT2D eigenvalue weighted by Crippen LogP contribution is -2.36. The highest BCUT2D eigenvalue weighted by molar-refractivity contribution is 14.0. The van der Waals surface area contributed by atoms with Crippen LogP contribution in [0, 0.1) is 0 Å². The van der Waals surface area contributed by atoms with Crippen LogP contribution in [0.15, 0.2) is 46.1 Å². The van der Waals surface area contributed by atoms with Gasteiger partial charge in [-0.05, 0) is 17.9 Å². The molecular formula is C21H28IN5S2. The highest BCUT2D eigenvalue weighted by Gasteiger charge is 2.07. The Morgan fingerprint density at radius 2 is 1.69 bits per heavy atom. The van der Waals surface area contributed by atoms with E-state index in [0.29, 0.717) is 19.0 Å². The first kappa shape index (κ1) is 23.8. The van der Waals surface area contributed by atoms with Crippen LogP contribution in [0.4, 0.5) is 0 Å². The summed E-state index contributed by atoms with van der Waals surface area (Å²) in [5, 5.41) is 13.2. The summed E-state index contributed by atoms with van der Waals surface area (Å²) in [4.78, 5) is 13.7. The minimum atomic E-state index is 0. The number of aromatic nitrogens is 2. The molecule has 8 heteroatoms. The molecule has 29 heavy (non-hydrogen) atoms. The van der Waals surface area contributed by atoms with Gasteiger partial charge in [-0.25, -0.2) is 9.97 Å². The molecule has 1 aromatic carbocycles. The van der Waals surface area contributed by atoms with Crippen LogP contribution < -0.4 is 10.6 Å². The maximum Gasteiger partial charge on any atom is 0.191 e. The van der Waals surface area contributed by atoms with Crippen LogP contribution in [0.2, 0.25) is 0 Å². The van der Waals surface area contributed by atoms with Crippen molar-refractivity contribution >= 4 is 52.6 Å². The number of benzene rings is 1. The molecular weight excluding hydrogens is 513 g/mol. The predicted molar refractivity (Wildman–Crippen MR) is 135 cm³/mol. The van der Waals surface area contributed by atoms with Crippen molar-refractivity contribution in [3.8, 4) is 0 Å². The molecule has 0 bridgehead atoms. The van der Waals surface area contributed by atoms with Crippen molar-refractivity contribution in [2.24, 2.45) is 4.99 Å². The van der Waals surface area contributed by atoms with Gasteiger partial charge in [-0.2, -0.15) is 0 Å². The van der Waals surface area contributed by atoms with Crippen molar-refractivity contribution < 1.29 is 0 Å². The van der Waals surface area contributed by atoms with Gasteiger partial charge in [0.25, 0.3) is 0 Å². The van der Waals surface area contributed by atoms with Crippen molar-refractivity contribution in [2.45, 2.75) is 45.7 Å². The molecule has 0 aliphatic heterocycles. The summed E-state index contributed by atoms with van der Waals surface area (Å²) in [7, 11) is 1.78. The summed E-state index contributed by atoms with van der Waals surface area (Å²) in [6.07, 6.45) is 2.00. The number of hydrogen-bond acceptors (Lipinski definition) is 5. The van der Waals surface area contributed by atoms with Crippen LogP contribution in [-0.2, 0) is 25.9 Å². The number of aryl methyl sites for hydroxylation is 2. The Hall–Kier alpha value is -1.52. The van der Waals surface area contributed by atoms with E-state index in [1.54, 1.807) is 29.7 Å². The highest BCUT2D eigenvalue weighted by atomic mass is 127. The first-order chi connectivity index (χ1) is 13.6. The molecule has 5 nitrogen and oxygen atoms in total. The van der Waals surface area contributed by atoms with Gasteiger partial charge in [0.15, 0.2) is 5.96 Å². The maximum absolute atomic E-state index is 4.74. The van der Waals surface area contributed by atoms with Crippen molar-refractivity contribution in [3.05, 3.63) is 68.1 Å². The molecule has 3 rings (SSSR count). The largest absolute Gasteiger partial charge is 0.351 e. The Kier molecular flexibility index (Phi) is 10.0. The van der Waals surface area contributed by atoms with Gasteiger partial charge in [0.1, 0.15) is 5.01 Å². The van der Waals surface area contributed by atoms with Gasteiger partial charge in [-0.1, -0.05) is 44.2 Å². The number of guanidine groups is 1. The predicted octanol–water partition coefficient (Wildman–Crippen LogP) is 4.99. The third-order valence-corrected chi connectivity index (χ3v) is 6.12. The minimum absolute atomic E-state index is 0. The van der Waals surface area contributed by atoms with E-state index >= 15 is 0 Å². The summed E-state index contributed by atoms with van der Waals surface area (Å²) in [5.41, 5.74) is 3.55. The monoisotopic (exact) mass is 541 g/mol. The second-order valence-corrected chi connectivity index (χ2v) is 8.70. The fraction of sp³-hybridized carbons (Fsp3) is 0.381. The van der Waals surface area contributed by atoms with Crippen LogP contribution in [0.5, 0.6) is 0 Å². The molecule has 0 radical (unpaired) electrons. The SMILES string of the molecule is CN=C(NCc1csc(CCc2ccccc2)n1)NCc1nc(C(C)C)cs1.I. The van der Waals surface area contributed by atoms with Crippen molar-refractivity contribution in [3.63, 3.8) is 0 Å². The van der Waals surface area contributed by atoms with E-state index in [1.807, 2.05) is 0 Å². The summed E-state index contributed by atoms with van der Waals surface area (Å²) >= 11 is 3.41. The molecule has 0 fully saturated rings. The molecule has 0 amide bonds. The number of halogens is 1. The number of nitrogens with zero attached hydrogens (tertiary/aromatic N) is 3. The van der Waals surface area contributed by atoms with Gasteiger partial charge >= 0.3 is 0 Å². The van der Waals surface area contributed by atoms with E-state index in [4.69, 9.17) is 4.98 Å². The Morgan fingerprint density at radius 3 is 2.38 bits per heavy atom. The fourth-order valence-corrected chi connectivity index (χ4v) is 4.36. The summed E-state index contributed by atoms with van der Waals surface area (Å²) < 4.78 is 0. The molecule has 2 N–H and O–H groups in total. The van der Waals surface area contributed by atoms with Crippen LogP contribution in [0.3, 0.4) is 0 Å². The average molecular weight is 542 g/mol. The molecule has 3 aromatic rings. The van der Waals surface area contributed by atoms with Crippen molar-refractivity contribution in [2.75, 3.05) is 7.05 Å². The number of aliphatic imine (C=N–C) groups is 1. The zero-order valence-corrected chi connectivity index (χ0v) is 21.0. The molecule has 0 aliphatic rings. The first-order valence-electron chi connectivity index (χ1n) is 9.50. The van der Waals surface area contributed by atoms with E-state index in [9.17, 15) is 0 Å². The Morgan fingerprint density at radius 1 is 0.966 bits per heavy atom. The van der Waals surface area contributed by atoms with E-state index in [1.165, 1.54) is 10.6 Å². The molecule has 0 aliphatic carbocycles. The van der Waals surface area contributed by atoms with Gasteiger partial charge in [0, 0.05) is 24.2 Å². The standard InChI is InChI=1S/C21H27N5S2.HI/c1-15(2)18-14-28-20(26-18)12-24-21(22-3)23-11-17-13-27-19(25-17)10-9-16-7-5-4-6-8-16;/h4-8,13-15H,9-12H2,1-3H3,(H2,22,23,24);1H. The summed E-state index contributed by atoms with van der Waals surface area (Å²) in [5.74, 6) is 1.23. The molecule has 2 aromatic heterocycles. The van der Waals surface area contributed by atoms with Gasteiger partial charge in [-0.15, -0.1) is 46.7 Å². The van der Waals surface area contributed by atoms with Gasteiger partial charge in [0.2, 0.25) is 0 Å². The molecule has 2 heterocycles. The lowest BCUT2D eigenvalue weighted by Gasteiger charge is -2.09. The fourth-order valence-electron chi connectivity index (χ4n) is 2.67. The summed E-state index contributed by atoms with van der Waals surface area (Å²) in [6.45, 7) is 5.66. The number of nitrogens with one attached hydrogen (secondary N) is 2.